The zero-order valence-corrected chi connectivity index (χ0v) is 10.7. The number of carbonyl (C=O) groups excluding carboxylic acids is 1. The number of hydrogen-bond acceptors (Lipinski definition) is 1. The summed E-state index contributed by atoms with van der Waals surface area (Å²) in [6.07, 6.45) is 0. The van der Waals surface area contributed by atoms with Crippen LogP contribution in [0.3, 0.4) is 0 Å². The lowest BCUT2D eigenvalue weighted by Crippen LogP contribution is -2.38. The van der Waals surface area contributed by atoms with Crippen LogP contribution in [0.5, 0.6) is 0 Å². The van der Waals surface area contributed by atoms with Gasteiger partial charge in [0.1, 0.15) is 0 Å². The van der Waals surface area contributed by atoms with Crippen LogP contribution in [0.2, 0.25) is 0 Å². The number of anilines is 1. The molecule has 0 unspecified atom stereocenters. The van der Waals surface area contributed by atoms with Crippen LogP contribution in [-0.2, 0) is 0 Å². The minimum atomic E-state index is 0.0208. The van der Waals surface area contributed by atoms with Gasteiger partial charge in [-0.15, -0.1) is 0 Å². The average molecular weight is 220 g/mol. The highest BCUT2D eigenvalue weighted by Crippen LogP contribution is 2.18. The molecule has 0 N–H and O–H groups in total. The van der Waals surface area contributed by atoms with Crippen LogP contribution in [0, 0.1) is 13.8 Å². The van der Waals surface area contributed by atoms with Crippen LogP contribution < -0.4 is 4.90 Å². The van der Waals surface area contributed by atoms with Gasteiger partial charge in [-0.1, -0.05) is 6.07 Å². The van der Waals surface area contributed by atoms with E-state index in [1.54, 1.807) is 9.80 Å². The van der Waals surface area contributed by atoms with E-state index in [1.807, 2.05) is 47.0 Å². The zero-order chi connectivity index (χ0) is 12.3. The predicted octanol–water partition coefficient (Wildman–Crippen LogP) is 2.81. The largest absolute Gasteiger partial charge is 0.328 e. The van der Waals surface area contributed by atoms with Gasteiger partial charge in [-0.05, 0) is 44.0 Å². The first-order valence-corrected chi connectivity index (χ1v) is 5.52. The fourth-order valence-corrected chi connectivity index (χ4v) is 1.65. The van der Waals surface area contributed by atoms with Gasteiger partial charge in [-0.25, -0.2) is 4.79 Å². The summed E-state index contributed by atoms with van der Waals surface area (Å²) in [4.78, 5) is 15.3. The quantitative estimate of drug-likeness (QED) is 0.751. The van der Waals surface area contributed by atoms with Gasteiger partial charge in [-0.3, -0.25) is 4.90 Å². The summed E-state index contributed by atoms with van der Waals surface area (Å²) in [6.45, 7) is 6.76. The third-order valence-electron chi connectivity index (χ3n) is 2.68. The Bertz CT molecular complexity index is 367. The van der Waals surface area contributed by atoms with Gasteiger partial charge in [0, 0.05) is 26.3 Å². The number of aryl methyl sites for hydroxylation is 2. The molecule has 16 heavy (non-hydrogen) atoms. The molecule has 0 bridgehead atoms. The molecular formula is C13H20N2O. The summed E-state index contributed by atoms with van der Waals surface area (Å²) in [5.74, 6) is 0. The molecule has 0 radical (unpaired) electrons. The van der Waals surface area contributed by atoms with E-state index in [0.717, 1.165) is 5.69 Å². The van der Waals surface area contributed by atoms with E-state index in [-0.39, 0.29) is 6.03 Å². The summed E-state index contributed by atoms with van der Waals surface area (Å²) in [6, 6.07) is 6.17. The molecule has 0 spiro atoms. The molecule has 0 saturated heterocycles. The molecule has 3 nitrogen and oxygen atoms in total. The Hall–Kier alpha value is -1.51. The van der Waals surface area contributed by atoms with Gasteiger partial charge in [0.15, 0.2) is 0 Å². The first-order valence-electron chi connectivity index (χ1n) is 5.52. The van der Waals surface area contributed by atoms with E-state index in [1.165, 1.54) is 11.1 Å². The summed E-state index contributed by atoms with van der Waals surface area (Å²) in [5, 5.41) is 0. The Morgan fingerprint density at radius 2 is 1.62 bits per heavy atom. The maximum absolute atomic E-state index is 11.9. The Morgan fingerprint density at radius 3 is 2.06 bits per heavy atom. The SMILES string of the molecule is CCN(C)C(=O)N(C)c1cc(C)cc(C)c1. The summed E-state index contributed by atoms with van der Waals surface area (Å²) in [7, 11) is 3.62. The van der Waals surface area contributed by atoms with Crippen LogP contribution in [0.25, 0.3) is 0 Å². The molecule has 1 rings (SSSR count). The van der Waals surface area contributed by atoms with E-state index in [2.05, 4.69) is 6.07 Å². The number of hydrogen-bond donors (Lipinski definition) is 0. The van der Waals surface area contributed by atoms with Crippen molar-refractivity contribution < 1.29 is 4.79 Å². The van der Waals surface area contributed by atoms with Gasteiger partial charge in [0.2, 0.25) is 0 Å². The lowest BCUT2D eigenvalue weighted by Gasteiger charge is -2.24. The Balaban J connectivity index is 2.95. The summed E-state index contributed by atoms with van der Waals surface area (Å²) < 4.78 is 0. The number of carbonyl (C=O) groups is 1. The smallest absolute Gasteiger partial charge is 0.323 e. The number of rotatable bonds is 2. The average Bonchev–Trinajstić information content (AvgIpc) is 2.24. The minimum absolute atomic E-state index is 0.0208. The van der Waals surface area contributed by atoms with Gasteiger partial charge in [-0.2, -0.15) is 0 Å². The number of urea groups is 1. The molecule has 0 aliphatic carbocycles. The predicted molar refractivity (Wildman–Crippen MR) is 68.0 cm³/mol. The van der Waals surface area contributed by atoms with Crippen molar-refractivity contribution in [2.24, 2.45) is 0 Å². The molecular weight excluding hydrogens is 200 g/mol. The lowest BCUT2D eigenvalue weighted by atomic mass is 10.1. The van der Waals surface area contributed by atoms with E-state index >= 15 is 0 Å². The van der Waals surface area contributed by atoms with Crippen LogP contribution in [-0.4, -0.2) is 31.6 Å². The standard InChI is InChI=1S/C13H20N2O/c1-6-14(4)13(16)15(5)12-8-10(2)7-11(3)9-12/h7-9H,6H2,1-5H3. The van der Waals surface area contributed by atoms with Gasteiger partial charge in [0.25, 0.3) is 0 Å². The Kier molecular flexibility index (Phi) is 3.93. The second-order valence-electron chi connectivity index (χ2n) is 4.20. The van der Waals surface area contributed by atoms with Gasteiger partial charge >= 0.3 is 6.03 Å². The van der Waals surface area contributed by atoms with Crippen molar-refractivity contribution >= 4 is 11.7 Å². The maximum Gasteiger partial charge on any atom is 0.323 e. The van der Waals surface area contributed by atoms with Crippen molar-refractivity contribution in [1.29, 1.82) is 0 Å². The normalized spacial score (nSPS) is 10.1. The second kappa shape index (κ2) is 5.01. The highest BCUT2D eigenvalue weighted by atomic mass is 16.2. The molecule has 1 aromatic rings. The van der Waals surface area contributed by atoms with Crippen molar-refractivity contribution in [2.45, 2.75) is 20.8 Å². The molecule has 0 saturated carbocycles. The Labute approximate surface area is 97.7 Å². The number of benzene rings is 1. The van der Waals surface area contributed by atoms with Gasteiger partial charge < -0.3 is 4.90 Å². The molecule has 0 atom stereocenters. The van der Waals surface area contributed by atoms with Gasteiger partial charge in [0.05, 0.1) is 0 Å². The van der Waals surface area contributed by atoms with Crippen molar-refractivity contribution in [3.05, 3.63) is 29.3 Å². The fourth-order valence-electron chi connectivity index (χ4n) is 1.65. The van der Waals surface area contributed by atoms with Crippen molar-refractivity contribution in [1.82, 2.24) is 4.90 Å². The molecule has 0 aliphatic heterocycles. The molecule has 0 heterocycles. The molecule has 1 aromatic carbocycles. The lowest BCUT2D eigenvalue weighted by molar-refractivity contribution is 0.219. The van der Waals surface area contributed by atoms with Crippen molar-refractivity contribution in [3.8, 4) is 0 Å². The maximum atomic E-state index is 11.9. The highest BCUT2D eigenvalue weighted by Gasteiger charge is 2.14. The fraction of sp³-hybridized carbons (Fsp3) is 0.462. The summed E-state index contributed by atoms with van der Waals surface area (Å²) in [5.41, 5.74) is 3.30. The third kappa shape index (κ3) is 2.75. The third-order valence-corrected chi connectivity index (χ3v) is 2.68. The van der Waals surface area contributed by atoms with E-state index in [4.69, 9.17) is 0 Å². The summed E-state index contributed by atoms with van der Waals surface area (Å²) >= 11 is 0. The van der Waals surface area contributed by atoms with Crippen molar-refractivity contribution in [2.75, 3.05) is 25.5 Å². The van der Waals surface area contributed by atoms with Crippen molar-refractivity contribution in [3.63, 3.8) is 0 Å². The molecule has 0 fully saturated rings. The molecule has 88 valence electrons. The number of amides is 2. The van der Waals surface area contributed by atoms with E-state index in [9.17, 15) is 4.79 Å². The molecule has 0 aromatic heterocycles. The second-order valence-corrected chi connectivity index (χ2v) is 4.20. The van der Waals surface area contributed by atoms with Crippen LogP contribution >= 0.6 is 0 Å². The van der Waals surface area contributed by atoms with E-state index in [0.29, 0.717) is 6.54 Å². The molecule has 2 amide bonds. The monoisotopic (exact) mass is 220 g/mol. The highest BCUT2D eigenvalue weighted by molar-refractivity contribution is 5.91. The molecule has 3 heteroatoms. The topological polar surface area (TPSA) is 23.6 Å². The zero-order valence-electron chi connectivity index (χ0n) is 10.7. The van der Waals surface area contributed by atoms with Crippen LogP contribution in [0.1, 0.15) is 18.1 Å². The van der Waals surface area contributed by atoms with Crippen LogP contribution in [0.15, 0.2) is 18.2 Å². The Morgan fingerprint density at radius 1 is 1.12 bits per heavy atom. The number of nitrogens with zero attached hydrogens (tertiary/aromatic N) is 2. The minimum Gasteiger partial charge on any atom is -0.328 e. The van der Waals surface area contributed by atoms with Crippen LogP contribution in [0.4, 0.5) is 10.5 Å². The molecule has 0 aliphatic rings. The van der Waals surface area contributed by atoms with E-state index < -0.39 is 0 Å². The first kappa shape index (κ1) is 12.6. The first-order chi connectivity index (χ1) is 7.45.